The van der Waals surface area contributed by atoms with Crippen molar-refractivity contribution in [3.05, 3.63) is 53.8 Å². The molecule has 1 aliphatic rings. The average molecular weight is 393 g/mol. The Balaban J connectivity index is 1.97. The first-order chi connectivity index (χ1) is 14.0. The third-order valence-electron chi connectivity index (χ3n) is 5.02. The number of nitrogens with zero attached hydrogens (tertiary/aromatic N) is 4. The van der Waals surface area contributed by atoms with Crippen molar-refractivity contribution in [1.29, 1.82) is 0 Å². The molecule has 1 amide bonds. The van der Waals surface area contributed by atoms with E-state index < -0.39 is 0 Å². The van der Waals surface area contributed by atoms with Crippen LogP contribution in [0.2, 0.25) is 0 Å². The van der Waals surface area contributed by atoms with E-state index in [1.807, 2.05) is 23.1 Å². The topological polar surface area (TPSA) is 69.6 Å². The Morgan fingerprint density at radius 3 is 2.55 bits per heavy atom. The van der Waals surface area contributed by atoms with Gasteiger partial charge < -0.3 is 14.9 Å². The van der Waals surface area contributed by atoms with Gasteiger partial charge in [-0.25, -0.2) is 9.97 Å². The van der Waals surface area contributed by atoms with Crippen LogP contribution < -0.4 is 4.90 Å². The summed E-state index contributed by atoms with van der Waals surface area (Å²) in [6, 6.07) is 7.08. The molecule has 1 N–H and O–H groups in total. The highest BCUT2D eigenvalue weighted by atomic mass is 16.3. The van der Waals surface area contributed by atoms with Gasteiger partial charge in [0.2, 0.25) is 5.91 Å². The summed E-state index contributed by atoms with van der Waals surface area (Å²) < 4.78 is 0. The van der Waals surface area contributed by atoms with Crippen molar-refractivity contribution in [1.82, 2.24) is 14.9 Å². The SMILES string of the molecule is CC/C=C(C)\C=C/c1cnc(-c2ccccc2O)nc1N1CCN(C(C)=O)CC1. The molecular formula is C23H28N4O2. The number of para-hydroxylation sites is 1. The lowest BCUT2D eigenvalue weighted by Crippen LogP contribution is -2.48. The summed E-state index contributed by atoms with van der Waals surface area (Å²) in [6.07, 6.45) is 9.05. The molecule has 0 bridgehead atoms. The highest BCUT2D eigenvalue weighted by molar-refractivity contribution is 5.74. The Morgan fingerprint density at radius 2 is 1.90 bits per heavy atom. The molecule has 0 radical (unpaired) electrons. The van der Waals surface area contributed by atoms with Gasteiger partial charge in [-0.2, -0.15) is 0 Å². The predicted octanol–water partition coefficient (Wildman–Crippen LogP) is 3.89. The van der Waals surface area contributed by atoms with E-state index >= 15 is 0 Å². The quantitative estimate of drug-likeness (QED) is 0.782. The number of anilines is 1. The fourth-order valence-electron chi connectivity index (χ4n) is 3.39. The predicted molar refractivity (Wildman–Crippen MR) is 117 cm³/mol. The highest BCUT2D eigenvalue weighted by Crippen LogP contribution is 2.29. The molecule has 152 valence electrons. The molecule has 0 atom stereocenters. The molecule has 6 nitrogen and oxygen atoms in total. The zero-order chi connectivity index (χ0) is 20.8. The van der Waals surface area contributed by atoms with Crippen LogP contribution in [0.25, 0.3) is 17.5 Å². The summed E-state index contributed by atoms with van der Waals surface area (Å²) in [5.74, 6) is 1.57. The third kappa shape index (κ3) is 5.02. The van der Waals surface area contributed by atoms with E-state index in [0.717, 1.165) is 17.8 Å². The van der Waals surface area contributed by atoms with Crippen molar-refractivity contribution in [3.8, 4) is 17.1 Å². The molecule has 0 unspecified atom stereocenters. The van der Waals surface area contributed by atoms with Gasteiger partial charge >= 0.3 is 0 Å². The van der Waals surface area contributed by atoms with Crippen LogP contribution in [0.5, 0.6) is 5.75 Å². The number of rotatable bonds is 5. The lowest BCUT2D eigenvalue weighted by atomic mass is 10.1. The maximum absolute atomic E-state index is 11.7. The Labute approximate surface area is 172 Å². The number of phenols is 1. The number of carbonyl (C=O) groups is 1. The zero-order valence-electron chi connectivity index (χ0n) is 17.3. The van der Waals surface area contributed by atoms with Crippen molar-refractivity contribution in [2.45, 2.75) is 27.2 Å². The maximum atomic E-state index is 11.7. The van der Waals surface area contributed by atoms with Gasteiger partial charge in [-0.3, -0.25) is 4.79 Å². The summed E-state index contributed by atoms with van der Waals surface area (Å²) in [5.41, 5.74) is 2.71. The molecule has 1 aromatic heterocycles. The highest BCUT2D eigenvalue weighted by Gasteiger charge is 2.22. The molecule has 1 saturated heterocycles. The lowest BCUT2D eigenvalue weighted by molar-refractivity contribution is -0.129. The fourth-order valence-corrected chi connectivity index (χ4v) is 3.39. The van der Waals surface area contributed by atoms with Crippen LogP contribution in [-0.2, 0) is 4.79 Å². The van der Waals surface area contributed by atoms with Crippen LogP contribution in [0, 0.1) is 0 Å². The number of carbonyl (C=O) groups excluding carboxylic acids is 1. The van der Waals surface area contributed by atoms with E-state index in [-0.39, 0.29) is 11.7 Å². The summed E-state index contributed by atoms with van der Waals surface area (Å²) in [5, 5.41) is 10.2. The number of benzene rings is 1. The number of hydrogen-bond donors (Lipinski definition) is 1. The van der Waals surface area contributed by atoms with E-state index in [4.69, 9.17) is 4.98 Å². The van der Waals surface area contributed by atoms with E-state index in [2.05, 4.69) is 35.9 Å². The molecule has 2 aromatic rings. The summed E-state index contributed by atoms with van der Waals surface area (Å²) >= 11 is 0. The van der Waals surface area contributed by atoms with Gasteiger partial charge in [-0.05, 0) is 31.6 Å². The molecular weight excluding hydrogens is 364 g/mol. The molecule has 29 heavy (non-hydrogen) atoms. The van der Waals surface area contributed by atoms with Crippen LogP contribution in [0.4, 0.5) is 5.82 Å². The van der Waals surface area contributed by atoms with Crippen LogP contribution >= 0.6 is 0 Å². The standard InChI is InChI=1S/C23H28N4O2/c1-4-7-17(2)10-11-19-16-24-22(20-8-5-6-9-21(20)29)25-23(19)27-14-12-26(13-15-27)18(3)28/h5-11,16,29H,4,12-15H2,1-3H3/b11-10-,17-7-. The number of allylic oxidation sites excluding steroid dienone is 3. The number of phenolic OH excluding ortho intramolecular Hbond substituents is 1. The van der Waals surface area contributed by atoms with Crippen LogP contribution in [0.3, 0.4) is 0 Å². The number of aromatic hydroxyl groups is 1. The van der Waals surface area contributed by atoms with Gasteiger partial charge in [0.15, 0.2) is 5.82 Å². The number of amides is 1. The maximum Gasteiger partial charge on any atom is 0.219 e. The normalized spacial score (nSPS) is 15.2. The van der Waals surface area contributed by atoms with Gasteiger partial charge in [0.25, 0.3) is 0 Å². The summed E-state index contributed by atoms with van der Waals surface area (Å²) in [4.78, 5) is 25.0. The number of aromatic nitrogens is 2. The molecule has 2 heterocycles. The minimum absolute atomic E-state index is 0.0997. The van der Waals surface area contributed by atoms with Crippen molar-refractivity contribution in [3.63, 3.8) is 0 Å². The van der Waals surface area contributed by atoms with Gasteiger partial charge in [-0.15, -0.1) is 0 Å². The summed E-state index contributed by atoms with van der Waals surface area (Å²) in [6.45, 7) is 8.55. The Kier molecular flexibility index (Phi) is 6.65. The zero-order valence-corrected chi connectivity index (χ0v) is 17.3. The minimum atomic E-state index is 0.0997. The first-order valence-corrected chi connectivity index (χ1v) is 10.00. The molecule has 0 aliphatic carbocycles. The molecule has 3 rings (SSSR count). The van der Waals surface area contributed by atoms with E-state index in [9.17, 15) is 9.90 Å². The third-order valence-corrected chi connectivity index (χ3v) is 5.02. The Morgan fingerprint density at radius 1 is 1.17 bits per heavy atom. The van der Waals surface area contributed by atoms with Crippen molar-refractivity contribution in [2.24, 2.45) is 0 Å². The number of hydrogen-bond acceptors (Lipinski definition) is 5. The minimum Gasteiger partial charge on any atom is -0.507 e. The second kappa shape index (κ2) is 9.37. The number of piperazine rings is 1. The van der Waals surface area contributed by atoms with Crippen LogP contribution in [0.1, 0.15) is 32.8 Å². The molecule has 6 heteroatoms. The van der Waals surface area contributed by atoms with E-state index in [1.165, 1.54) is 5.57 Å². The van der Waals surface area contributed by atoms with E-state index in [0.29, 0.717) is 37.6 Å². The van der Waals surface area contributed by atoms with Crippen LogP contribution in [0.15, 0.2) is 48.2 Å². The second-order valence-corrected chi connectivity index (χ2v) is 7.17. The van der Waals surface area contributed by atoms with Crippen molar-refractivity contribution < 1.29 is 9.90 Å². The van der Waals surface area contributed by atoms with Gasteiger partial charge in [-0.1, -0.05) is 36.8 Å². The summed E-state index contributed by atoms with van der Waals surface area (Å²) in [7, 11) is 0. The van der Waals surface area contributed by atoms with Crippen molar-refractivity contribution in [2.75, 3.05) is 31.1 Å². The fraction of sp³-hybridized carbons (Fsp3) is 0.348. The first-order valence-electron chi connectivity index (χ1n) is 10.00. The molecule has 0 saturated carbocycles. The molecule has 1 aromatic carbocycles. The van der Waals surface area contributed by atoms with Crippen molar-refractivity contribution >= 4 is 17.8 Å². The molecule has 0 spiro atoms. The lowest BCUT2D eigenvalue weighted by Gasteiger charge is -2.35. The second-order valence-electron chi connectivity index (χ2n) is 7.17. The van der Waals surface area contributed by atoms with Crippen LogP contribution in [-0.4, -0.2) is 52.1 Å². The average Bonchev–Trinajstić information content (AvgIpc) is 2.73. The smallest absolute Gasteiger partial charge is 0.219 e. The monoisotopic (exact) mass is 392 g/mol. The molecule has 1 fully saturated rings. The Hall–Kier alpha value is -3.15. The van der Waals surface area contributed by atoms with Gasteiger partial charge in [0.05, 0.1) is 5.56 Å². The van der Waals surface area contributed by atoms with E-state index in [1.54, 1.807) is 25.3 Å². The molecule has 1 aliphatic heterocycles. The Bertz CT molecular complexity index is 928. The van der Waals surface area contributed by atoms with Gasteiger partial charge in [0, 0.05) is 44.9 Å². The largest absolute Gasteiger partial charge is 0.507 e. The first kappa shape index (κ1) is 20.6. The van der Waals surface area contributed by atoms with Gasteiger partial charge in [0.1, 0.15) is 11.6 Å².